The molecule has 2 aromatic carbocycles. The zero-order valence-corrected chi connectivity index (χ0v) is 19.8. The summed E-state index contributed by atoms with van der Waals surface area (Å²) in [6, 6.07) is 11.2. The highest BCUT2D eigenvalue weighted by Crippen LogP contribution is 2.32. The average Bonchev–Trinajstić information content (AvgIpc) is 2.84. The standard InChI is InChI=1S/C25H31N5O4/c1-16-27-21-15-18(24(26)32)10-12-20(21)25(28-16)30(2)19-11-13-22(34-3)17(14-19)8-6-4-5-7-9-23(31)29-33/h10-15,33H,4-9H2,1-3H3,(H2,26,32)(H,29,31). The molecule has 0 aliphatic carbocycles. The fraction of sp³-hybridized carbons (Fsp3) is 0.360. The molecule has 180 valence electrons. The lowest BCUT2D eigenvalue weighted by Gasteiger charge is -2.22. The minimum atomic E-state index is -0.496. The number of rotatable bonds is 11. The summed E-state index contributed by atoms with van der Waals surface area (Å²) < 4.78 is 5.57. The summed E-state index contributed by atoms with van der Waals surface area (Å²) in [4.78, 5) is 33.8. The van der Waals surface area contributed by atoms with Crippen LogP contribution < -0.4 is 20.9 Å². The van der Waals surface area contributed by atoms with E-state index in [2.05, 4.69) is 16.0 Å². The molecule has 34 heavy (non-hydrogen) atoms. The Kier molecular flexibility index (Phi) is 8.37. The van der Waals surface area contributed by atoms with E-state index in [0.29, 0.717) is 23.3 Å². The predicted octanol–water partition coefficient (Wildman–Crippen LogP) is 3.81. The number of nitrogens with one attached hydrogen (secondary N) is 1. The normalized spacial score (nSPS) is 10.8. The molecule has 1 heterocycles. The number of carbonyl (C=O) groups is 2. The van der Waals surface area contributed by atoms with Crippen LogP contribution in [0.5, 0.6) is 5.75 Å². The largest absolute Gasteiger partial charge is 0.496 e. The maximum atomic E-state index is 11.6. The monoisotopic (exact) mass is 465 g/mol. The summed E-state index contributed by atoms with van der Waals surface area (Å²) in [6.45, 7) is 1.82. The third kappa shape index (κ3) is 5.99. The Morgan fingerprint density at radius 3 is 2.56 bits per heavy atom. The van der Waals surface area contributed by atoms with Gasteiger partial charge in [0.1, 0.15) is 17.4 Å². The van der Waals surface area contributed by atoms with Gasteiger partial charge in [0.15, 0.2) is 0 Å². The molecule has 0 unspecified atom stereocenters. The van der Waals surface area contributed by atoms with Gasteiger partial charge >= 0.3 is 0 Å². The number of fused-ring (bicyclic) bond motifs is 1. The highest BCUT2D eigenvalue weighted by atomic mass is 16.5. The van der Waals surface area contributed by atoms with E-state index in [-0.39, 0.29) is 5.91 Å². The van der Waals surface area contributed by atoms with Crippen molar-refractivity contribution in [2.24, 2.45) is 5.73 Å². The molecule has 2 amide bonds. The van der Waals surface area contributed by atoms with Crippen molar-refractivity contribution in [1.29, 1.82) is 0 Å². The van der Waals surface area contributed by atoms with Crippen LogP contribution in [0.2, 0.25) is 0 Å². The zero-order valence-electron chi connectivity index (χ0n) is 19.8. The van der Waals surface area contributed by atoms with Gasteiger partial charge in [-0.25, -0.2) is 15.4 Å². The van der Waals surface area contributed by atoms with Crippen LogP contribution in [-0.4, -0.2) is 41.1 Å². The van der Waals surface area contributed by atoms with E-state index in [0.717, 1.165) is 60.3 Å². The molecule has 1 aromatic heterocycles. The number of unbranched alkanes of at least 4 members (excludes halogenated alkanes) is 3. The SMILES string of the molecule is COc1ccc(N(C)c2nc(C)nc3cc(C(N)=O)ccc23)cc1CCCCCCC(=O)NO. The van der Waals surface area contributed by atoms with Crippen molar-refractivity contribution in [2.75, 3.05) is 19.1 Å². The van der Waals surface area contributed by atoms with Gasteiger partial charge in [-0.2, -0.15) is 0 Å². The lowest BCUT2D eigenvalue weighted by molar-refractivity contribution is -0.129. The Labute approximate surface area is 198 Å². The maximum absolute atomic E-state index is 11.6. The van der Waals surface area contributed by atoms with E-state index in [9.17, 15) is 9.59 Å². The van der Waals surface area contributed by atoms with E-state index in [4.69, 9.17) is 15.7 Å². The summed E-state index contributed by atoms with van der Waals surface area (Å²) in [5.74, 6) is 1.31. The second-order valence-electron chi connectivity index (χ2n) is 8.19. The van der Waals surface area contributed by atoms with E-state index >= 15 is 0 Å². The minimum absolute atomic E-state index is 0.327. The second kappa shape index (κ2) is 11.4. The molecular formula is C25H31N5O4. The summed E-state index contributed by atoms with van der Waals surface area (Å²) in [7, 11) is 3.61. The summed E-state index contributed by atoms with van der Waals surface area (Å²) >= 11 is 0. The number of ether oxygens (including phenoxy) is 1. The molecule has 9 nitrogen and oxygen atoms in total. The first kappa shape index (κ1) is 24.9. The van der Waals surface area contributed by atoms with E-state index < -0.39 is 5.91 Å². The topological polar surface area (TPSA) is 131 Å². The van der Waals surface area contributed by atoms with Gasteiger partial charge in [-0.1, -0.05) is 12.8 Å². The number of methoxy groups -OCH3 is 1. The third-order valence-corrected chi connectivity index (χ3v) is 5.77. The molecular weight excluding hydrogens is 434 g/mol. The summed E-state index contributed by atoms with van der Waals surface area (Å²) in [5, 5.41) is 9.38. The van der Waals surface area contributed by atoms with Crippen LogP contribution in [0, 0.1) is 6.92 Å². The van der Waals surface area contributed by atoms with E-state index in [1.54, 1.807) is 24.7 Å². The molecule has 3 aromatic rings. The number of carbonyl (C=O) groups excluding carboxylic acids is 2. The summed E-state index contributed by atoms with van der Waals surface area (Å²) in [5.41, 5.74) is 10.2. The van der Waals surface area contributed by atoms with Crippen LogP contribution in [0.15, 0.2) is 36.4 Å². The van der Waals surface area contributed by atoms with Crippen LogP contribution in [0.25, 0.3) is 10.9 Å². The van der Waals surface area contributed by atoms with Crippen molar-refractivity contribution in [3.63, 3.8) is 0 Å². The highest BCUT2D eigenvalue weighted by Gasteiger charge is 2.15. The van der Waals surface area contributed by atoms with Crippen molar-refractivity contribution in [3.8, 4) is 5.75 Å². The van der Waals surface area contributed by atoms with Crippen molar-refractivity contribution < 1.29 is 19.5 Å². The molecule has 0 saturated heterocycles. The lowest BCUT2D eigenvalue weighted by Crippen LogP contribution is -2.17. The number of aromatic nitrogens is 2. The van der Waals surface area contributed by atoms with Crippen molar-refractivity contribution in [2.45, 2.75) is 45.4 Å². The fourth-order valence-corrected chi connectivity index (χ4v) is 3.94. The molecule has 0 aliphatic heterocycles. The molecule has 9 heteroatoms. The lowest BCUT2D eigenvalue weighted by atomic mass is 10.0. The Bertz CT molecular complexity index is 1180. The van der Waals surface area contributed by atoms with Gasteiger partial charge in [-0.15, -0.1) is 0 Å². The Balaban J connectivity index is 1.80. The van der Waals surface area contributed by atoms with Gasteiger partial charge in [-0.3, -0.25) is 14.8 Å². The van der Waals surface area contributed by atoms with Crippen LogP contribution in [-0.2, 0) is 11.2 Å². The van der Waals surface area contributed by atoms with E-state index in [1.807, 2.05) is 37.1 Å². The average molecular weight is 466 g/mol. The molecule has 0 saturated carbocycles. The number of anilines is 2. The van der Waals surface area contributed by atoms with Crippen LogP contribution in [0.3, 0.4) is 0 Å². The minimum Gasteiger partial charge on any atom is -0.496 e. The van der Waals surface area contributed by atoms with Crippen LogP contribution >= 0.6 is 0 Å². The third-order valence-electron chi connectivity index (χ3n) is 5.77. The van der Waals surface area contributed by atoms with Gasteiger partial charge in [0, 0.05) is 30.1 Å². The highest BCUT2D eigenvalue weighted by molar-refractivity contribution is 5.99. The molecule has 0 radical (unpaired) electrons. The second-order valence-corrected chi connectivity index (χ2v) is 8.19. The first-order chi connectivity index (χ1) is 16.3. The first-order valence-electron chi connectivity index (χ1n) is 11.3. The quantitative estimate of drug-likeness (QED) is 0.223. The fourth-order valence-electron chi connectivity index (χ4n) is 3.94. The number of hydrogen-bond donors (Lipinski definition) is 3. The maximum Gasteiger partial charge on any atom is 0.248 e. The number of aryl methyl sites for hydroxylation is 2. The molecule has 3 rings (SSSR count). The van der Waals surface area contributed by atoms with Crippen LogP contribution in [0.1, 0.15) is 53.8 Å². The molecule has 0 fully saturated rings. The van der Waals surface area contributed by atoms with Crippen LogP contribution in [0.4, 0.5) is 11.5 Å². The van der Waals surface area contributed by atoms with Crippen molar-refractivity contribution in [1.82, 2.24) is 15.4 Å². The number of nitrogens with two attached hydrogens (primary N) is 1. The van der Waals surface area contributed by atoms with Gasteiger partial charge < -0.3 is 15.4 Å². The number of benzene rings is 2. The summed E-state index contributed by atoms with van der Waals surface area (Å²) in [6.07, 6.45) is 4.74. The van der Waals surface area contributed by atoms with Crippen molar-refractivity contribution >= 4 is 34.2 Å². The number of nitrogens with zero attached hydrogens (tertiary/aromatic N) is 3. The Morgan fingerprint density at radius 2 is 1.85 bits per heavy atom. The predicted molar refractivity (Wildman–Crippen MR) is 131 cm³/mol. The zero-order chi connectivity index (χ0) is 24.7. The number of hydrogen-bond acceptors (Lipinski definition) is 7. The smallest absolute Gasteiger partial charge is 0.248 e. The van der Waals surface area contributed by atoms with E-state index in [1.165, 1.54) is 0 Å². The Morgan fingerprint density at radius 1 is 1.09 bits per heavy atom. The first-order valence-corrected chi connectivity index (χ1v) is 11.3. The molecule has 0 bridgehead atoms. The molecule has 0 atom stereocenters. The Hall–Kier alpha value is -3.72. The number of amides is 2. The molecule has 0 spiro atoms. The number of primary amides is 1. The van der Waals surface area contributed by atoms with Gasteiger partial charge in [0.2, 0.25) is 11.8 Å². The molecule has 4 N–H and O–H groups in total. The molecule has 0 aliphatic rings. The number of hydroxylamine groups is 1. The van der Waals surface area contributed by atoms with Crippen molar-refractivity contribution in [3.05, 3.63) is 53.3 Å². The van der Waals surface area contributed by atoms with Gasteiger partial charge in [0.25, 0.3) is 0 Å². The van der Waals surface area contributed by atoms with Gasteiger partial charge in [0.05, 0.1) is 12.6 Å². The van der Waals surface area contributed by atoms with Gasteiger partial charge in [-0.05, 0) is 68.1 Å².